The van der Waals surface area contributed by atoms with Crippen LogP contribution in [0.3, 0.4) is 0 Å². The van der Waals surface area contributed by atoms with Gasteiger partial charge in [-0.2, -0.15) is 0 Å². The van der Waals surface area contributed by atoms with E-state index in [0.29, 0.717) is 41.9 Å². The molecule has 3 heteroatoms. The summed E-state index contributed by atoms with van der Waals surface area (Å²) in [6.07, 6.45) is 11.4. The van der Waals surface area contributed by atoms with Crippen LogP contribution in [0.15, 0.2) is 53.8 Å². The molecule has 0 spiro atoms. The predicted molar refractivity (Wildman–Crippen MR) is 128 cm³/mol. The van der Waals surface area contributed by atoms with Gasteiger partial charge in [0.05, 0.1) is 12.3 Å². The zero-order chi connectivity index (χ0) is 22.5. The molecule has 172 valence electrons. The molecule has 4 aliphatic rings. The molecule has 0 unspecified atom stereocenters. The second-order valence-electron chi connectivity index (χ2n) is 11.5. The minimum atomic E-state index is 0.0707. The van der Waals surface area contributed by atoms with Crippen LogP contribution in [0.5, 0.6) is 0 Å². The predicted octanol–water partition coefficient (Wildman–Crippen LogP) is 6.05. The van der Waals surface area contributed by atoms with Crippen molar-refractivity contribution in [3.63, 3.8) is 0 Å². The number of nitrogens with two attached hydrogens (primary N) is 1. The lowest BCUT2D eigenvalue weighted by atomic mass is 9.48. The second-order valence-corrected chi connectivity index (χ2v) is 11.5. The minimum Gasteiger partial charge on any atom is -0.396 e. The molecule has 2 N–H and O–H groups in total. The number of carbonyl (C=O) groups excluding carboxylic acids is 1. The molecule has 32 heavy (non-hydrogen) atoms. The third-order valence-corrected chi connectivity index (χ3v) is 9.97. The maximum absolute atomic E-state index is 12.3. The molecule has 0 amide bonds. The topological polar surface area (TPSA) is 52.3 Å². The van der Waals surface area contributed by atoms with E-state index in [9.17, 15) is 4.79 Å². The van der Waals surface area contributed by atoms with Gasteiger partial charge in [-0.05, 0) is 83.7 Å². The van der Waals surface area contributed by atoms with Crippen LogP contribution in [0, 0.1) is 40.4 Å². The van der Waals surface area contributed by atoms with Gasteiger partial charge < -0.3 is 10.5 Å². The summed E-state index contributed by atoms with van der Waals surface area (Å²) in [6, 6.07) is 10.5. The summed E-state index contributed by atoms with van der Waals surface area (Å²) in [5, 5.41) is 0. The number of hydrogen-bond donors (Lipinski definition) is 1. The Balaban J connectivity index is 1.31. The summed E-state index contributed by atoms with van der Waals surface area (Å²) in [4.78, 5) is 12.3. The number of ether oxygens (including phenoxy) is 1. The SMILES string of the molecule is C[C@H](COCc1ccccc1)[C@H]1CC[C@H]2[C@@H]3C=CC4=C(N)C(=O)CC[C@]4(C)[C@H]3CC[C@]12C. The highest BCUT2D eigenvalue weighted by Gasteiger charge is 2.59. The van der Waals surface area contributed by atoms with Gasteiger partial charge in [0.2, 0.25) is 0 Å². The average Bonchev–Trinajstić information content (AvgIpc) is 3.15. The lowest BCUT2D eigenvalue weighted by Gasteiger charge is -2.56. The van der Waals surface area contributed by atoms with Crippen LogP contribution in [0.2, 0.25) is 0 Å². The van der Waals surface area contributed by atoms with E-state index < -0.39 is 0 Å². The molecule has 0 saturated heterocycles. The normalized spacial score (nSPS) is 39.4. The van der Waals surface area contributed by atoms with Crippen LogP contribution in [0.25, 0.3) is 0 Å². The maximum atomic E-state index is 12.3. The highest BCUT2D eigenvalue weighted by Crippen LogP contribution is 2.66. The fraction of sp³-hybridized carbons (Fsp3) is 0.621. The molecule has 0 bridgehead atoms. The number of fused-ring (bicyclic) bond motifs is 5. The molecule has 7 atom stereocenters. The van der Waals surface area contributed by atoms with E-state index in [1.807, 2.05) is 0 Å². The summed E-state index contributed by atoms with van der Waals surface area (Å²) in [6.45, 7) is 8.91. The Morgan fingerprint density at radius 1 is 1.09 bits per heavy atom. The van der Waals surface area contributed by atoms with E-state index in [1.165, 1.54) is 31.2 Å². The van der Waals surface area contributed by atoms with Crippen molar-refractivity contribution in [2.45, 2.75) is 65.9 Å². The van der Waals surface area contributed by atoms with Crippen molar-refractivity contribution in [1.29, 1.82) is 0 Å². The fourth-order valence-electron chi connectivity index (χ4n) is 8.21. The standard InChI is InChI=1S/C29H39NO2/c1-19(17-32-18-20-7-5-4-6-8-20)22-11-12-23-21-9-10-25-27(30)26(31)14-16-29(25,3)24(21)13-15-28(22,23)2/h4-10,19,21-24H,11-18,30H2,1-3H3/t19-,21+,22-,23+,24+,28-,29-/m1/s1. The van der Waals surface area contributed by atoms with E-state index in [1.54, 1.807) is 0 Å². The second kappa shape index (κ2) is 8.17. The van der Waals surface area contributed by atoms with E-state index in [0.717, 1.165) is 30.4 Å². The Labute approximate surface area is 193 Å². The highest BCUT2D eigenvalue weighted by atomic mass is 16.5. The number of allylic oxidation sites excluding steroid dienone is 4. The number of benzene rings is 1. The molecule has 5 rings (SSSR count). The molecule has 0 aromatic heterocycles. The first kappa shape index (κ1) is 21.9. The third kappa shape index (κ3) is 3.39. The number of rotatable bonds is 5. The Kier molecular flexibility index (Phi) is 5.60. The third-order valence-electron chi connectivity index (χ3n) is 9.97. The summed E-state index contributed by atoms with van der Waals surface area (Å²) in [7, 11) is 0. The average molecular weight is 434 g/mol. The molecular formula is C29H39NO2. The van der Waals surface area contributed by atoms with Crippen molar-refractivity contribution < 1.29 is 9.53 Å². The molecule has 0 radical (unpaired) electrons. The van der Waals surface area contributed by atoms with E-state index in [-0.39, 0.29) is 11.2 Å². The summed E-state index contributed by atoms with van der Waals surface area (Å²) in [5.74, 6) is 3.41. The van der Waals surface area contributed by atoms with Crippen molar-refractivity contribution in [3.8, 4) is 0 Å². The number of ketones is 1. The highest BCUT2D eigenvalue weighted by molar-refractivity contribution is 5.97. The first-order chi connectivity index (χ1) is 15.3. The maximum Gasteiger partial charge on any atom is 0.178 e. The number of Topliss-reactive ketones (excluding diaryl/α,β-unsaturated/α-hetero) is 1. The smallest absolute Gasteiger partial charge is 0.178 e. The molecule has 2 saturated carbocycles. The molecule has 0 aliphatic heterocycles. The lowest BCUT2D eigenvalue weighted by molar-refractivity contribution is -0.117. The Bertz CT molecular complexity index is 934. The Morgan fingerprint density at radius 3 is 2.66 bits per heavy atom. The van der Waals surface area contributed by atoms with Gasteiger partial charge >= 0.3 is 0 Å². The quantitative estimate of drug-likeness (QED) is 0.615. The zero-order valence-electron chi connectivity index (χ0n) is 20.0. The van der Waals surface area contributed by atoms with E-state index in [2.05, 4.69) is 63.3 Å². The Morgan fingerprint density at radius 2 is 1.88 bits per heavy atom. The van der Waals surface area contributed by atoms with Gasteiger partial charge in [-0.25, -0.2) is 0 Å². The van der Waals surface area contributed by atoms with Crippen molar-refractivity contribution >= 4 is 5.78 Å². The van der Waals surface area contributed by atoms with Crippen LogP contribution in [0.1, 0.15) is 64.9 Å². The van der Waals surface area contributed by atoms with Crippen molar-refractivity contribution in [1.82, 2.24) is 0 Å². The fourth-order valence-corrected chi connectivity index (χ4v) is 8.21. The van der Waals surface area contributed by atoms with Crippen LogP contribution >= 0.6 is 0 Å². The van der Waals surface area contributed by atoms with Gasteiger partial charge in [-0.3, -0.25) is 4.79 Å². The Hall–Kier alpha value is -1.87. The molecule has 4 aliphatic carbocycles. The summed E-state index contributed by atoms with van der Waals surface area (Å²) >= 11 is 0. The first-order valence-corrected chi connectivity index (χ1v) is 12.7. The van der Waals surface area contributed by atoms with Crippen molar-refractivity contribution in [2.24, 2.45) is 46.2 Å². The monoisotopic (exact) mass is 433 g/mol. The molecule has 1 aromatic rings. The summed E-state index contributed by atoms with van der Waals surface area (Å²) < 4.78 is 6.17. The summed E-state index contributed by atoms with van der Waals surface area (Å²) in [5.41, 5.74) is 9.67. The van der Waals surface area contributed by atoms with Crippen LogP contribution in [0.4, 0.5) is 0 Å². The van der Waals surface area contributed by atoms with Gasteiger partial charge in [0.15, 0.2) is 5.78 Å². The van der Waals surface area contributed by atoms with Gasteiger partial charge in [-0.1, -0.05) is 63.3 Å². The van der Waals surface area contributed by atoms with Gasteiger partial charge in [0.25, 0.3) is 0 Å². The lowest BCUT2D eigenvalue weighted by Crippen LogP contribution is -2.50. The van der Waals surface area contributed by atoms with Crippen LogP contribution < -0.4 is 5.73 Å². The van der Waals surface area contributed by atoms with Gasteiger partial charge in [0.1, 0.15) is 0 Å². The van der Waals surface area contributed by atoms with Crippen LogP contribution in [-0.2, 0) is 16.1 Å². The largest absolute Gasteiger partial charge is 0.396 e. The van der Waals surface area contributed by atoms with Gasteiger partial charge in [-0.15, -0.1) is 0 Å². The first-order valence-electron chi connectivity index (χ1n) is 12.7. The van der Waals surface area contributed by atoms with Crippen LogP contribution in [-0.4, -0.2) is 12.4 Å². The minimum absolute atomic E-state index is 0.0707. The number of hydrogen-bond acceptors (Lipinski definition) is 3. The molecule has 3 nitrogen and oxygen atoms in total. The molecular weight excluding hydrogens is 394 g/mol. The zero-order valence-corrected chi connectivity index (χ0v) is 20.0. The van der Waals surface area contributed by atoms with E-state index >= 15 is 0 Å². The molecule has 2 fully saturated rings. The van der Waals surface area contributed by atoms with Gasteiger partial charge in [0, 0.05) is 13.0 Å². The van der Waals surface area contributed by atoms with Crippen molar-refractivity contribution in [2.75, 3.05) is 6.61 Å². The van der Waals surface area contributed by atoms with E-state index in [4.69, 9.17) is 10.5 Å². The molecule has 1 aromatic carbocycles. The molecule has 0 heterocycles. The van der Waals surface area contributed by atoms with Crippen molar-refractivity contribution in [3.05, 3.63) is 59.3 Å². The number of carbonyl (C=O) groups is 1.